The Morgan fingerprint density at radius 1 is 1.47 bits per heavy atom. The Morgan fingerprint density at radius 2 is 2.07 bits per heavy atom. The molecule has 1 aliphatic rings. The molecule has 1 heterocycles. The normalized spacial score (nSPS) is 27.3. The summed E-state index contributed by atoms with van der Waals surface area (Å²) in [7, 11) is 0. The molecule has 1 fully saturated rings. The van der Waals surface area contributed by atoms with Crippen LogP contribution in [0.5, 0.6) is 0 Å². The van der Waals surface area contributed by atoms with Crippen LogP contribution in [0.4, 0.5) is 13.2 Å². The third kappa shape index (κ3) is 2.33. The second-order valence-corrected chi connectivity index (χ2v) is 4.53. The van der Waals surface area contributed by atoms with Gasteiger partial charge in [0.2, 0.25) is 0 Å². The van der Waals surface area contributed by atoms with Crippen molar-refractivity contribution in [2.45, 2.75) is 32.9 Å². The predicted molar refractivity (Wildman–Crippen MR) is 50.4 cm³/mol. The van der Waals surface area contributed by atoms with Gasteiger partial charge in [-0.1, -0.05) is 13.8 Å². The van der Waals surface area contributed by atoms with E-state index in [-0.39, 0.29) is 31.8 Å². The number of rotatable bonds is 3. The van der Waals surface area contributed by atoms with Gasteiger partial charge in [0.05, 0.1) is 0 Å². The largest absolute Gasteiger partial charge is 0.402 e. The number of Topliss-reactive ketones (excluding diaryl/α,β-unsaturated/α-hetero) is 1. The van der Waals surface area contributed by atoms with Crippen LogP contribution in [0.3, 0.4) is 0 Å². The molecule has 1 atom stereocenters. The standard InChI is InChI=1S/C10H16F3NO/c1-7(2)5-8(15)9(10(11,12)13)3-4-14-6-9/h7,14H,3-6H2,1-2H3. The summed E-state index contributed by atoms with van der Waals surface area (Å²) in [6, 6.07) is 0. The summed E-state index contributed by atoms with van der Waals surface area (Å²) in [5.74, 6) is -0.702. The molecule has 1 unspecified atom stereocenters. The second kappa shape index (κ2) is 4.12. The molecule has 0 amide bonds. The lowest BCUT2D eigenvalue weighted by molar-refractivity contribution is -0.215. The van der Waals surface area contributed by atoms with Gasteiger partial charge in [0.1, 0.15) is 11.2 Å². The van der Waals surface area contributed by atoms with Crippen molar-refractivity contribution in [3.05, 3.63) is 0 Å². The van der Waals surface area contributed by atoms with E-state index in [0.717, 1.165) is 0 Å². The second-order valence-electron chi connectivity index (χ2n) is 4.53. The molecule has 1 rings (SSSR count). The van der Waals surface area contributed by atoms with Gasteiger partial charge in [-0.15, -0.1) is 0 Å². The fraction of sp³-hybridized carbons (Fsp3) is 0.900. The van der Waals surface area contributed by atoms with Gasteiger partial charge in [-0.3, -0.25) is 4.79 Å². The van der Waals surface area contributed by atoms with Crippen LogP contribution in [-0.2, 0) is 4.79 Å². The Balaban J connectivity index is 2.87. The van der Waals surface area contributed by atoms with E-state index >= 15 is 0 Å². The average molecular weight is 223 g/mol. The highest BCUT2D eigenvalue weighted by atomic mass is 19.4. The van der Waals surface area contributed by atoms with Crippen molar-refractivity contribution in [3.8, 4) is 0 Å². The Hall–Kier alpha value is -0.580. The van der Waals surface area contributed by atoms with Gasteiger partial charge in [0.25, 0.3) is 0 Å². The van der Waals surface area contributed by atoms with E-state index in [1.54, 1.807) is 13.8 Å². The molecule has 0 bridgehead atoms. The summed E-state index contributed by atoms with van der Waals surface area (Å²) >= 11 is 0. The highest BCUT2D eigenvalue weighted by molar-refractivity contribution is 5.86. The van der Waals surface area contributed by atoms with Crippen molar-refractivity contribution in [1.82, 2.24) is 5.32 Å². The minimum atomic E-state index is -4.43. The first-order valence-electron chi connectivity index (χ1n) is 5.10. The molecule has 15 heavy (non-hydrogen) atoms. The predicted octanol–water partition coefficient (Wildman–Crippen LogP) is 2.14. The minimum Gasteiger partial charge on any atom is -0.315 e. The van der Waals surface area contributed by atoms with E-state index in [1.807, 2.05) is 0 Å². The third-order valence-corrected chi connectivity index (χ3v) is 2.83. The summed E-state index contributed by atoms with van der Waals surface area (Å²) in [5, 5.41) is 2.63. The molecule has 1 saturated heterocycles. The first-order valence-corrected chi connectivity index (χ1v) is 5.10. The maximum Gasteiger partial charge on any atom is 0.402 e. The van der Waals surface area contributed by atoms with Crippen molar-refractivity contribution in [2.24, 2.45) is 11.3 Å². The lowest BCUT2D eigenvalue weighted by atomic mass is 9.78. The molecule has 0 radical (unpaired) electrons. The fourth-order valence-corrected chi connectivity index (χ4v) is 1.90. The fourth-order valence-electron chi connectivity index (χ4n) is 1.90. The number of hydrogen-bond donors (Lipinski definition) is 1. The maximum atomic E-state index is 12.9. The van der Waals surface area contributed by atoms with Gasteiger partial charge in [-0.25, -0.2) is 0 Å². The summed E-state index contributed by atoms with van der Waals surface area (Å²) in [6.07, 6.45) is -4.55. The molecule has 0 saturated carbocycles. The van der Waals surface area contributed by atoms with E-state index in [1.165, 1.54) is 0 Å². The van der Waals surface area contributed by atoms with Crippen LogP contribution >= 0.6 is 0 Å². The molecule has 0 spiro atoms. The summed E-state index contributed by atoms with van der Waals surface area (Å²) < 4.78 is 38.6. The number of carbonyl (C=O) groups is 1. The quantitative estimate of drug-likeness (QED) is 0.794. The molecule has 0 aromatic heterocycles. The molecule has 1 aliphatic heterocycles. The van der Waals surface area contributed by atoms with Crippen molar-refractivity contribution < 1.29 is 18.0 Å². The van der Waals surface area contributed by atoms with Crippen molar-refractivity contribution in [2.75, 3.05) is 13.1 Å². The first kappa shape index (κ1) is 12.5. The van der Waals surface area contributed by atoms with Crippen molar-refractivity contribution >= 4 is 5.78 Å². The summed E-state index contributed by atoms with van der Waals surface area (Å²) in [5.41, 5.74) is -2.13. The van der Waals surface area contributed by atoms with Crippen molar-refractivity contribution in [3.63, 3.8) is 0 Å². The molecular weight excluding hydrogens is 207 g/mol. The Kier molecular flexibility index (Phi) is 3.43. The zero-order chi connectivity index (χ0) is 11.7. The summed E-state index contributed by atoms with van der Waals surface area (Å²) in [4.78, 5) is 11.7. The highest BCUT2D eigenvalue weighted by Crippen LogP contribution is 2.44. The Labute approximate surface area is 87.2 Å². The molecule has 0 aromatic carbocycles. The SMILES string of the molecule is CC(C)CC(=O)C1(C(F)(F)F)CCNC1. The monoisotopic (exact) mass is 223 g/mol. The van der Waals surface area contributed by atoms with Gasteiger partial charge in [0, 0.05) is 13.0 Å². The van der Waals surface area contributed by atoms with E-state index in [0.29, 0.717) is 0 Å². The highest BCUT2D eigenvalue weighted by Gasteiger charge is 2.60. The summed E-state index contributed by atoms with van der Waals surface area (Å²) in [6.45, 7) is 3.51. The Morgan fingerprint density at radius 3 is 2.40 bits per heavy atom. The van der Waals surface area contributed by atoms with Crippen molar-refractivity contribution in [1.29, 1.82) is 0 Å². The molecule has 5 heteroatoms. The zero-order valence-corrected chi connectivity index (χ0v) is 8.95. The topological polar surface area (TPSA) is 29.1 Å². The molecule has 1 N–H and O–H groups in total. The van der Waals surface area contributed by atoms with Gasteiger partial charge < -0.3 is 5.32 Å². The number of alkyl halides is 3. The third-order valence-electron chi connectivity index (χ3n) is 2.83. The van der Waals surface area contributed by atoms with Crippen LogP contribution < -0.4 is 5.32 Å². The van der Waals surface area contributed by atoms with E-state index in [4.69, 9.17) is 0 Å². The molecule has 2 nitrogen and oxygen atoms in total. The Bertz CT molecular complexity index is 242. The van der Waals surface area contributed by atoms with Gasteiger partial charge >= 0.3 is 6.18 Å². The molecule has 0 aromatic rings. The average Bonchev–Trinajstić information content (AvgIpc) is 2.49. The smallest absolute Gasteiger partial charge is 0.315 e. The maximum absolute atomic E-state index is 12.9. The number of ketones is 1. The number of hydrogen-bond acceptors (Lipinski definition) is 2. The van der Waals surface area contributed by atoms with Crippen LogP contribution in [0.2, 0.25) is 0 Å². The van der Waals surface area contributed by atoms with Gasteiger partial charge in [0.15, 0.2) is 0 Å². The zero-order valence-electron chi connectivity index (χ0n) is 8.95. The van der Waals surface area contributed by atoms with E-state index < -0.39 is 17.4 Å². The lowest BCUT2D eigenvalue weighted by Crippen LogP contribution is -2.47. The molecule has 0 aliphatic carbocycles. The minimum absolute atomic E-state index is 0.00118. The van der Waals surface area contributed by atoms with Gasteiger partial charge in [-0.05, 0) is 18.9 Å². The lowest BCUT2D eigenvalue weighted by Gasteiger charge is -2.29. The van der Waals surface area contributed by atoms with Crippen LogP contribution in [0.1, 0.15) is 26.7 Å². The number of nitrogens with one attached hydrogen (secondary N) is 1. The number of carbonyl (C=O) groups excluding carboxylic acids is 1. The molecule has 88 valence electrons. The van der Waals surface area contributed by atoms with Crippen LogP contribution in [0, 0.1) is 11.3 Å². The molecular formula is C10H16F3NO. The van der Waals surface area contributed by atoms with E-state index in [2.05, 4.69) is 5.32 Å². The van der Waals surface area contributed by atoms with Crippen LogP contribution in [0.25, 0.3) is 0 Å². The van der Waals surface area contributed by atoms with Gasteiger partial charge in [-0.2, -0.15) is 13.2 Å². The first-order chi connectivity index (χ1) is 6.79. The number of halogens is 3. The van der Waals surface area contributed by atoms with Crippen LogP contribution in [-0.4, -0.2) is 25.0 Å². The van der Waals surface area contributed by atoms with E-state index in [9.17, 15) is 18.0 Å². The van der Waals surface area contributed by atoms with Crippen LogP contribution in [0.15, 0.2) is 0 Å².